The topological polar surface area (TPSA) is 46.1 Å². The van der Waals surface area contributed by atoms with Gasteiger partial charge in [0, 0.05) is 30.1 Å². The van der Waals surface area contributed by atoms with E-state index in [-0.39, 0.29) is 5.91 Å². The first-order valence-corrected chi connectivity index (χ1v) is 6.22. The smallest absolute Gasteiger partial charge is 0.255 e. The monoisotopic (exact) mass is 305 g/mol. The predicted molar refractivity (Wildman–Crippen MR) is 72.0 cm³/mol. The Labute approximate surface area is 114 Å². The molecule has 0 unspecified atom stereocenters. The van der Waals surface area contributed by atoms with Crippen LogP contribution < -0.4 is 0 Å². The molecule has 0 atom stereocenters. The number of pyridine rings is 2. The third-order valence-electron chi connectivity index (χ3n) is 2.42. The molecule has 0 aliphatic rings. The summed E-state index contributed by atoms with van der Waals surface area (Å²) >= 11 is 3.30. The average molecular weight is 306 g/mol. The minimum atomic E-state index is -0.0746. The number of rotatable bonds is 3. The van der Waals surface area contributed by atoms with Crippen molar-refractivity contribution in [2.45, 2.75) is 6.54 Å². The minimum absolute atomic E-state index is 0.0746. The zero-order valence-corrected chi connectivity index (χ0v) is 11.5. The summed E-state index contributed by atoms with van der Waals surface area (Å²) in [6.45, 7) is 0.478. The van der Waals surface area contributed by atoms with Gasteiger partial charge in [0.25, 0.3) is 5.91 Å². The van der Waals surface area contributed by atoms with Crippen LogP contribution in [-0.4, -0.2) is 27.8 Å². The summed E-state index contributed by atoms with van der Waals surface area (Å²) in [5.74, 6) is -0.0746. The van der Waals surface area contributed by atoms with E-state index in [2.05, 4.69) is 25.9 Å². The maximum atomic E-state index is 12.1. The van der Waals surface area contributed by atoms with E-state index in [1.54, 1.807) is 36.6 Å². The number of nitrogens with zero attached hydrogens (tertiary/aromatic N) is 3. The molecule has 0 spiro atoms. The normalized spacial score (nSPS) is 10.1. The number of aromatic nitrogens is 2. The van der Waals surface area contributed by atoms with Crippen LogP contribution in [0.2, 0.25) is 0 Å². The average Bonchev–Trinajstić information content (AvgIpc) is 2.39. The minimum Gasteiger partial charge on any atom is -0.336 e. The summed E-state index contributed by atoms with van der Waals surface area (Å²) in [7, 11) is 1.75. The molecule has 0 saturated carbocycles. The first-order chi connectivity index (χ1) is 8.66. The summed E-state index contributed by atoms with van der Waals surface area (Å²) in [5.41, 5.74) is 1.42. The summed E-state index contributed by atoms with van der Waals surface area (Å²) in [6, 6.07) is 7.40. The van der Waals surface area contributed by atoms with Crippen molar-refractivity contribution in [2.75, 3.05) is 7.05 Å². The zero-order chi connectivity index (χ0) is 13.0. The fourth-order valence-corrected chi connectivity index (χ4v) is 1.92. The lowest BCUT2D eigenvalue weighted by Gasteiger charge is -2.16. The van der Waals surface area contributed by atoms with Gasteiger partial charge in [0.15, 0.2) is 0 Å². The molecular formula is C13H12BrN3O. The molecule has 0 radical (unpaired) electrons. The molecule has 0 bridgehead atoms. The standard InChI is InChI=1S/C13H12BrN3O/c1-17(9-12-4-2-3-5-16-12)13(18)10-6-11(14)8-15-7-10/h2-8H,9H2,1H3. The van der Waals surface area contributed by atoms with Crippen LogP contribution in [0.3, 0.4) is 0 Å². The lowest BCUT2D eigenvalue weighted by molar-refractivity contribution is 0.0783. The third kappa shape index (κ3) is 3.13. The summed E-state index contributed by atoms with van der Waals surface area (Å²) < 4.78 is 0.791. The molecule has 0 N–H and O–H groups in total. The van der Waals surface area contributed by atoms with E-state index >= 15 is 0 Å². The largest absolute Gasteiger partial charge is 0.336 e. The van der Waals surface area contributed by atoms with Gasteiger partial charge >= 0.3 is 0 Å². The highest BCUT2D eigenvalue weighted by molar-refractivity contribution is 9.10. The van der Waals surface area contributed by atoms with Crippen LogP contribution in [-0.2, 0) is 6.54 Å². The number of hydrogen-bond acceptors (Lipinski definition) is 3. The van der Waals surface area contributed by atoms with Crippen molar-refractivity contribution in [3.8, 4) is 0 Å². The molecule has 1 amide bonds. The molecule has 18 heavy (non-hydrogen) atoms. The molecule has 92 valence electrons. The maximum absolute atomic E-state index is 12.1. The molecule has 0 aromatic carbocycles. The molecule has 2 aromatic rings. The summed E-state index contributed by atoms with van der Waals surface area (Å²) in [5, 5.41) is 0. The molecule has 0 saturated heterocycles. The van der Waals surface area contributed by atoms with E-state index in [1.165, 1.54) is 0 Å². The highest BCUT2D eigenvalue weighted by Gasteiger charge is 2.12. The molecule has 4 nitrogen and oxygen atoms in total. The van der Waals surface area contributed by atoms with Crippen LogP contribution in [0.15, 0.2) is 47.3 Å². The van der Waals surface area contributed by atoms with Crippen molar-refractivity contribution >= 4 is 21.8 Å². The van der Waals surface area contributed by atoms with Gasteiger partial charge in [0.2, 0.25) is 0 Å². The Morgan fingerprint density at radius 3 is 2.89 bits per heavy atom. The number of carbonyl (C=O) groups is 1. The quantitative estimate of drug-likeness (QED) is 0.875. The van der Waals surface area contributed by atoms with Gasteiger partial charge in [-0.05, 0) is 34.1 Å². The lowest BCUT2D eigenvalue weighted by Crippen LogP contribution is -2.26. The van der Waals surface area contributed by atoms with E-state index in [9.17, 15) is 4.79 Å². The van der Waals surface area contributed by atoms with Gasteiger partial charge in [-0.25, -0.2) is 0 Å². The van der Waals surface area contributed by atoms with Gasteiger partial charge in [-0.15, -0.1) is 0 Å². The second kappa shape index (κ2) is 5.73. The van der Waals surface area contributed by atoms with Gasteiger partial charge in [0.05, 0.1) is 17.8 Å². The SMILES string of the molecule is CN(Cc1ccccn1)C(=O)c1cncc(Br)c1. The van der Waals surface area contributed by atoms with Gasteiger partial charge in [-0.3, -0.25) is 14.8 Å². The maximum Gasteiger partial charge on any atom is 0.255 e. The van der Waals surface area contributed by atoms with E-state index in [1.807, 2.05) is 18.2 Å². The third-order valence-corrected chi connectivity index (χ3v) is 2.86. The van der Waals surface area contributed by atoms with Crippen LogP contribution >= 0.6 is 15.9 Å². The van der Waals surface area contributed by atoms with Gasteiger partial charge in [-0.1, -0.05) is 6.07 Å². The highest BCUT2D eigenvalue weighted by atomic mass is 79.9. The first-order valence-electron chi connectivity index (χ1n) is 5.43. The Balaban J connectivity index is 2.10. The van der Waals surface area contributed by atoms with E-state index in [0.29, 0.717) is 12.1 Å². The number of halogens is 1. The molecule has 0 aliphatic heterocycles. The summed E-state index contributed by atoms with van der Waals surface area (Å²) in [4.78, 5) is 21.9. The van der Waals surface area contributed by atoms with Crippen molar-refractivity contribution < 1.29 is 4.79 Å². The predicted octanol–water partition coefficient (Wildman–Crippen LogP) is 2.51. The van der Waals surface area contributed by atoms with Crippen LogP contribution in [0.25, 0.3) is 0 Å². The fraction of sp³-hybridized carbons (Fsp3) is 0.154. The van der Waals surface area contributed by atoms with Crippen LogP contribution in [0.4, 0.5) is 0 Å². The highest BCUT2D eigenvalue weighted by Crippen LogP contribution is 2.12. The van der Waals surface area contributed by atoms with Crippen molar-refractivity contribution in [2.24, 2.45) is 0 Å². The Bertz CT molecular complexity index is 545. The zero-order valence-electron chi connectivity index (χ0n) is 9.88. The van der Waals surface area contributed by atoms with Crippen molar-refractivity contribution in [1.82, 2.24) is 14.9 Å². The Morgan fingerprint density at radius 1 is 1.39 bits per heavy atom. The number of hydrogen-bond donors (Lipinski definition) is 0. The van der Waals surface area contributed by atoms with Crippen molar-refractivity contribution in [3.05, 3.63) is 58.6 Å². The molecule has 5 heteroatoms. The van der Waals surface area contributed by atoms with Gasteiger partial charge in [-0.2, -0.15) is 0 Å². The molecular weight excluding hydrogens is 294 g/mol. The summed E-state index contributed by atoms with van der Waals surface area (Å²) in [6.07, 6.45) is 4.92. The molecule has 2 rings (SSSR count). The second-order valence-electron chi connectivity index (χ2n) is 3.87. The van der Waals surface area contributed by atoms with E-state index < -0.39 is 0 Å². The molecule has 0 aliphatic carbocycles. The second-order valence-corrected chi connectivity index (χ2v) is 4.79. The van der Waals surface area contributed by atoms with Crippen LogP contribution in [0.5, 0.6) is 0 Å². The van der Waals surface area contributed by atoms with E-state index in [4.69, 9.17) is 0 Å². The Hall–Kier alpha value is -1.75. The molecule has 2 aromatic heterocycles. The number of amides is 1. The van der Waals surface area contributed by atoms with Crippen molar-refractivity contribution in [3.63, 3.8) is 0 Å². The first kappa shape index (κ1) is 12.7. The van der Waals surface area contributed by atoms with Crippen molar-refractivity contribution in [1.29, 1.82) is 0 Å². The molecule has 0 fully saturated rings. The van der Waals surface area contributed by atoms with Crippen LogP contribution in [0, 0.1) is 0 Å². The van der Waals surface area contributed by atoms with Gasteiger partial charge < -0.3 is 4.90 Å². The van der Waals surface area contributed by atoms with Gasteiger partial charge in [0.1, 0.15) is 0 Å². The van der Waals surface area contributed by atoms with Crippen LogP contribution in [0.1, 0.15) is 16.1 Å². The molecule has 2 heterocycles. The van der Waals surface area contributed by atoms with E-state index in [0.717, 1.165) is 10.2 Å². The number of carbonyl (C=O) groups excluding carboxylic acids is 1. The Morgan fingerprint density at radius 2 is 2.22 bits per heavy atom. The fourth-order valence-electron chi connectivity index (χ4n) is 1.56. The Kier molecular flexibility index (Phi) is 4.04. The lowest BCUT2D eigenvalue weighted by atomic mass is 10.2.